The van der Waals surface area contributed by atoms with Crippen LogP contribution >= 0.6 is 11.6 Å². The van der Waals surface area contributed by atoms with Crippen LogP contribution in [0.25, 0.3) is 0 Å². The lowest BCUT2D eigenvalue weighted by molar-refractivity contribution is 0.214. The summed E-state index contributed by atoms with van der Waals surface area (Å²) in [6.45, 7) is 0. The van der Waals surface area contributed by atoms with Gasteiger partial charge in [0.25, 0.3) is 0 Å². The minimum absolute atomic E-state index is 0.440. The molecular formula is C10H10ClN3O. The minimum Gasteiger partial charge on any atom is -0.382 e. The number of pyridine rings is 1. The highest BCUT2D eigenvalue weighted by molar-refractivity contribution is 6.31. The normalized spacial score (nSPS) is 12.7. The summed E-state index contributed by atoms with van der Waals surface area (Å²) in [5.74, 6) is 0. The topological polar surface area (TPSA) is 50.9 Å². The van der Waals surface area contributed by atoms with E-state index in [1.54, 1.807) is 36.3 Å². The third-order valence-electron chi connectivity index (χ3n) is 2.11. The maximum absolute atomic E-state index is 10.00. The van der Waals surface area contributed by atoms with Gasteiger partial charge in [-0.1, -0.05) is 11.6 Å². The Bertz CT molecular complexity index is 469. The highest BCUT2D eigenvalue weighted by atomic mass is 35.5. The summed E-state index contributed by atoms with van der Waals surface area (Å²) >= 11 is 5.92. The summed E-state index contributed by atoms with van der Waals surface area (Å²) in [6, 6.07) is 3.43. The van der Waals surface area contributed by atoms with Gasteiger partial charge >= 0.3 is 0 Å². The second-order valence-electron chi connectivity index (χ2n) is 3.21. The second kappa shape index (κ2) is 4.00. The molecule has 0 radical (unpaired) electrons. The van der Waals surface area contributed by atoms with E-state index in [9.17, 15) is 5.11 Å². The Morgan fingerprint density at radius 3 is 2.87 bits per heavy atom. The summed E-state index contributed by atoms with van der Waals surface area (Å²) < 4.78 is 1.63. The number of halogens is 1. The van der Waals surface area contributed by atoms with Crippen molar-refractivity contribution in [3.05, 3.63) is 47.0 Å². The lowest BCUT2D eigenvalue weighted by atomic mass is 10.1. The van der Waals surface area contributed by atoms with Gasteiger partial charge in [-0.05, 0) is 12.1 Å². The number of hydrogen-bond acceptors (Lipinski definition) is 3. The molecule has 0 aromatic carbocycles. The Morgan fingerprint density at radius 1 is 1.47 bits per heavy atom. The molecule has 78 valence electrons. The predicted molar refractivity (Wildman–Crippen MR) is 56.5 cm³/mol. The molecule has 0 spiro atoms. The molecule has 2 aromatic rings. The van der Waals surface area contributed by atoms with Crippen molar-refractivity contribution < 1.29 is 5.11 Å². The fourth-order valence-electron chi connectivity index (χ4n) is 1.35. The van der Waals surface area contributed by atoms with E-state index in [0.29, 0.717) is 16.3 Å². The standard InChI is InChI=1S/C10H10ClN3O/c1-14-5-3-9(13-14)10(15)7-2-4-12-6-8(7)11/h2-6,10,15H,1H3. The lowest BCUT2D eigenvalue weighted by Gasteiger charge is -2.09. The van der Waals surface area contributed by atoms with E-state index in [0.717, 1.165) is 0 Å². The van der Waals surface area contributed by atoms with Crippen LogP contribution < -0.4 is 0 Å². The Hall–Kier alpha value is -1.39. The van der Waals surface area contributed by atoms with Crippen molar-refractivity contribution in [3.8, 4) is 0 Å². The number of aliphatic hydroxyl groups excluding tert-OH is 1. The molecule has 2 heterocycles. The largest absolute Gasteiger partial charge is 0.382 e. The molecule has 1 N–H and O–H groups in total. The molecule has 0 bridgehead atoms. The smallest absolute Gasteiger partial charge is 0.124 e. The zero-order valence-corrected chi connectivity index (χ0v) is 8.89. The first-order valence-electron chi connectivity index (χ1n) is 4.45. The van der Waals surface area contributed by atoms with Gasteiger partial charge in [-0.3, -0.25) is 9.67 Å². The number of hydrogen-bond donors (Lipinski definition) is 1. The highest BCUT2D eigenvalue weighted by Gasteiger charge is 2.15. The van der Waals surface area contributed by atoms with E-state index in [1.807, 2.05) is 0 Å². The second-order valence-corrected chi connectivity index (χ2v) is 3.62. The van der Waals surface area contributed by atoms with Gasteiger partial charge in [0.15, 0.2) is 0 Å². The quantitative estimate of drug-likeness (QED) is 0.841. The Balaban J connectivity index is 2.36. The molecule has 0 amide bonds. The minimum atomic E-state index is -0.804. The van der Waals surface area contributed by atoms with Crippen LogP contribution in [0.1, 0.15) is 17.4 Å². The third kappa shape index (κ3) is 2.00. The first-order valence-corrected chi connectivity index (χ1v) is 4.83. The molecule has 1 atom stereocenters. The molecule has 0 aliphatic rings. The number of rotatable bonds is 2. The van der Waals surface area contributed by atoms with Crippen LogP contribution in [0.15, 0.2) is 30.7 Å². The first kappa shape index (κ1) is 10.1. The van der Waals surface area contributed by atoms with Crippen molar-refractivity contribution >= 4 is 11.6 Å². The summed E-state index contributed by atoms with van der Waals surface area (Å²) in [5, 5.41) is 14.6. The van der Waals surface area contributed by atoms with Gasteiger partial charge in [0, 0.05) is 31.2 Å². The molecule has 0 saturated heterocycles. The van der Waals surface area contributed by atoms with Crippen LogP contribution in [0.3, 0.4) is 0 Å². The number of aromatic nitrogens is 3. The molecular weight excluding hydrogens is 214 g/mol. The molecule has 1 unspecified atom stereocenters. The lowest BCUT2D eigenvalue weighted by Crippen LogP contribution is -2.02. The molecule has 0 aliphatic heterocycles. The van der Waals surface area contributed by atoms with Crippen LogP contribution in [0.2, 0.25) is 5.02 Å². The van der Waals surface area contributed by atoms with E-state index >= 15 is 0 Å². The predicted octanol–water partition coefficient (Wildman–Crippen LogP) is 1.55. The van der Waals surface area contributed by atoms with E-state index in [2.05, 4.69) is 10.1 Å². The zero-order valence-electron chi connectivity index (χ0n) is 8.13. The summed E-state index contributed by atoms with van der Waals surface area (Å²) in [7, 11) is 1.80. The van der Waals surface area contributed by atoms with Crippen LogP contribution in [0.5, 0.6) is 0 Å². The molecule has 2 aromatic heterocycles. The summed E-state index contributed by atoms with van der Waals surface area (Å²) in [6.07, 6.45) is 4.06. The van der Waals surface area contributed by atoms with E-state index < -0.39 is 6.10 Å². The Labute approximate surface area is 92.1 Å². The monoisotopic (exact) mass is 223 g/mol. The van der Waals surface area contributed by atoms with E-state index in [4.69, 9.17) is 11.6 Å². The average Bonchev–Trinajstić information content (AvgIpc) is 2.65. The first-order chi connectivity index (χ1) is 7.18. The van der Waals surface area contributed by atoms with Gasteiger partial charge in [0.2, 0.25) is 0 Å². The molecule has 15 heavy (non-hydrogen) atoms. The molecule has 0 aliphatic carbocycles. The fraction of sp³-hybridized carbons (Fsp3) is 0.200. The van der Waals surface area contributed by atoms with Gasteiger partial charge < -0.3 is 5.11 Å². The molecule has 0 fully saturated rings. The number of nitrogens with zero attached hydrogens (tertiary/aromatic N) is 3. The Kier molecular flexibility index (Phi) is 2.70. The maximum Gasteiger partial charge on any atom is 0.124 e. The Morgan fingerprint density at radius 2 is 2.27 bits per heavy atom. The summed E-state index contributed by atoms with van der Waals surface area (Å²) in [4.78, 5) is 3.86. The van der Waals surface area contributed by atoms with Crippen LogP contribution in [0.4, 0.5) is 0 Å². The third-order valence-corrected chi connectivity index (χ3v) is 2.43. The van der Waals surface area contributed by atoms with Crippen LogP contribution in [-0.4, -0.2) is 19.9 Å². The van der Waals surface area contributed by atoms with Crippen molar-refractivity contribution in [2.75, 3.05) is 0 Å². The van der Waals surface area contributed by atoms with Gasteiger partial charge in [0.05, 0.1) is 10.7 Å². The molecule has 5 heteroatoms. The van der Waals surface area contributed by atoms with Crippen LogP contribution in [0, 0.1) is 0 Å². The van der Waals surface area contributed by atoms with Crippen molar-refractivity contribution in [3.63, 3.8) is 0 Å². The maximum atomic E-state index is 10.00. The van der Waals surface area contributed by atoms with Crippen molar-refractivity contribution in [1.82, 2.24) is 14.8 Å². The number of aryl methyl sites for hydroxylation is 1. The van der Waals surface area contributed by atoms with E-state index in [-0.39, 0.29) is 0 Å². The molecule has 4 nitrogen and oxygen atoms in total. The van der Waals surface area contributed by atoms with Crippen molar-refractivity contribution in [2.45, 2.75) is 6.10 Å². The van der Waals surface area contributed by atoms with Gasteiger partial charge in [0.1, 0.15) is 6.10 Å². The summed E-state index contributed by atoms with van der Waals surface area (Å²) in [5.41, 5.74) is 1.19. The van der Waals surface area contributed by atoms with E-state index in [1.165, 1.54) is 6.20 Å². The SMILES string of the molecule is Cn1ccc(C(O)c2ccncc2Cl)n1. The van der Waals surface area contributed by atoms with Gasteiger partial charge in [-0.25, -0.2) is 0 Å². The van der Waals surface area contributed by atoms with Crippen molar-refractivity contribution in [1.29, 1.82) is 0 Å². The van der Waals surface area contributed by atoms with Gasteiger partial charge in [-0.15, -0.1) is 0 Å². The number of aliphatic hydroxyl groups is 1. The highest BCUT2D eigenvalue weighted by Crippen LogP contribution is 2.25. The zero-order chi connectivity index (χ0) is 10.8. The van der Waals surface area contributed by atoms with Gasteiger partial charge in [-0.2, -0.15) is 5.10 Å². The van der Waals surface area contributed by atoms with Crippen molar-refractivity contribution in [2.24, 2.45) is 7.05 Å². The average molecular weight is 224 g/mol. The fourth-order valence-corrected chi connectivity index (χ4v) is 1.57. The molecule has 0 saturated carbocycles. The molecule has 2 rings (SSSR count). The van der Waals surface area contributed by atoms with Crippen LogP contribution in [-0.2, 0) is 7.05 Å².